The zero-order chi connectivity index (χ0) is 25.1. The Balaban J connectivity index is 1.94. The number of carbonyl (C=O) groups is 2. The molecular formula is C29H51NO4. The van der Waals surface area contributed by atoms with Gasteiger partial charge in [-0.25, -0.2) is 0 Å². The van der Waals surface area contributed by atoms with E-state index in [1.807, 2.05) is 20.9 Å². The highest BCUT2D eigenvalue weighted by molar-refractivity contribution is 5.77. The van der Waals surface area contributed by atoms with E-state index in [0.717, 1.165) is 45.2 Å². The first-order valence-electron chi connectivity index (χ1n) is 13.7. The third kappa shape index (κ3) is 14.6. The summed E-state index contributed by atoms with van der Waals surface area (Å²) < 4.78 is 10.9. The number of nitrogens with zero attached hydrogens (tertiary/aromatic N) is 1. The Labute approximate surface area is 209 Å². The Bertz CT molecular complexity index is 615. The number of unbranched alkanes of at least 4 members (excludes halogenated alkanes) is 8. The first-order chi connectivity index (χ1) is 16.4. The van der Waals surface area contributed by atoms with Gasteiger partial charge in [0.2, 0.25) is 0 Å². The fourth-order valence-corrected chi connectivity index (χ4v) is 4.19. The molecule has 5 nitrogen and oxygen atoms in total. The average Bonchev–Trinajstić information content (AvgIpc) is 3.18. The van der Waals surface area contributed by atoms with Crippen molar-refractivity contribution in [3.05, 3.63) is 24.3 Å². The number of hydrogen-bond acceptors (Lipinski definition) is 5. The van der Waals surface area contributed by atoms with E-state index < -0.39 is 5.41 Å². The molecule has 0 bridgehead atoms. The van der Waals surface area contributed by atoms with E-state index in [2.05, 4.69) is 36.1 Å². The minimum Gasteiger partial charge on any atom is -0.465 e. The Kier molecular flexibility index (Phi) is 16.7. The molecule has 0 saturated carbocycles. The van der Waals surface area contributed by atoms with E-state index in [1.165, 1.54) is 44.9 Å². The van der Waals surface area contributed by atoms with Crippen LogP contribution in [-0.4, -0.2) is 50.2 Å². The molecule has 1 heterocycles. The van der Waals surface area contributed by atoms with Gasteiger partial charge in [-0.1, -0.05) is 70.3 Å². The van der Waals surface area contributed by atoms with Crippen LogP contribution in [0.1, 0.15) is 104 Å². The SMILES string of the molecule is CCCCC/C=C\C/C=C\CCCCCCCC(=O)OCC(C)COC(=O)C1(C)CCN(C)C1. The van der Waals surface area contributed by atoms with Crippen LogP contribution in [0.5, 0.6) is 0 Å². The predicted molar refractivity (Wildman–Crippen MR) is 141 cm³/mol. The lowest BCUT2D eigenvalue weighted by Crippen LogP contribution is -2.33. The molecule has 34 heavy (non-hydrogen) atoms. The second-order valence-corrected chi connectivity index (χ2v) is 10.4. The van der Waals surface area contributed by atoms with Crippen LogP contribution < -0.4 is 0 Å². The molecule has 0 spiro atoms. The van der Waals surface area contributed by atoms with Crippen molar-refractivity contribution in [1.82, 2.24) is 4.90 Å². The summed E-state index contributed by atoms with van der Waals surface area (Å²) >= 11 is 0. The summed E-state index contributed by atoms with van der Waals surface area (Å²) in [5.41, 5.74) is -0.410. The lowest BCUT2D eigenvalue weighted by atomic mass is 9.90. The van der Waals surface area contributed by atoms with Gasteiger partial charge in [-0.3, -0.25) is 9.59 Å². The molecule has 0 amide bonds. The summed E-state index contributed by atoms with van der Waals surface area (Å²) in [6.07, 6.45) is 23.3. The van der Waals surface area contributed by atoms with Gasteiger partial charge in [0.1, 0.15) is 0 Å². The molecule has 2 atom stereocenters. The zero-order valence-corrected chi connectivity index (χ0v) is 22.5. The van der Waals surface area contributed by atoms with E-state index in [4.69, 9.17) is 9.47 Å². The summed E-state index contributed by atoms with van der Waals surface area (Å²) in [5.74, 6) is -0.270. The molecule has 0 aliphatic carbocycles. The van der Waals surface area contributed by atoms with E-state index in [0.29, 0.717) is 19.6 Å². The third-order valence-electron chi connectivity index (χ3n) is 6.52. The number of allylic oxidation sites excluding steroid dienone is 4. The van der Waals surface area contributed by atoms with E-state index in [9.17, 15) is 9.59 Å². The number of likely N-dealkylation sites (tertiary alicyclic amines) is 1. The largest absolute Gasteiger partial charge is 0.465 e. The summed E-state index contributed by atoms with van der Waals surface area (Å²) in [5, 5.41) is 0. The maximum Gasteiger partial charge on any atom is 0.313 e. The fraction of sp³-hybridized carbons (Fsp3) is 0.793. The van der Waals surface area contributed by atoms with Crippen molar-refractivity contribution in [2.45, 2.75) is 104 Å². The van der Waals surface area contributed by atoms with Crippen molar-refractivity contribution in [3.63, 3.8) is 0 Å². The lowest BCUT2D eigenvalue weighted by molar-refractivity contribution is -0.156. The molecule has 5 heteroatoms. The molecule has 1 aliphatic rings. The molecular weight excluding hydrogens is 426 g/mol. The highest BCUT2D eigenvalue weighted by Gasteiger charge is 2.40. The van der Waals surface area contributed by atoms with Crippen molar-refractivity contribution in [2.75, 3.05) is 33.4 Å². The molecule has 0 aromatic rings. The summed E-state index contributed by atoms with van der Waals surface area (Å²) in [6.45, 7) is 8.42. The van der Waals surface area contributed by atoms with Gasteiger partial charge in [0, 0.05) is 18.9 Å². The van der Waals surface area contributed by atoms with Gasteiger partial charge in [0.25, 0.3) is 0 Å². The quantitative estimate of drug-likeness (QED) is 0.115. The Morgan fingerprint density at radius 2 is 1.53 bits per heavy atom. The van der Waals surface area contributed by atoms with Crippen LogP contribution >= 0.6 is 0 Å². The minimum absolute atomic E-state index is 0.0141. The fourth-order valence-electron chi connectivity index (χ4n) is 4.19. The molecule has 1 saturated heterocycles. The monoisotopic (exact) mass is 477 g/mol. The smallest absolute Gasteiger partial charge is 0.313 e. The first kappa shape index (κ1) is 30.4. The van der Waals surface area contributed by atoms with Gasteiger partial charge in [0.05, 0.1) is 18.6 Å². The zero-order valence-electron chi connectivity index (χ0n) is 22.5. The maximum absolute atomic E-state index is 12.4. The topological polar surface area (TPSA) is 55.8 Å². The summed E-state index contributed by atoms with van der Waals surface area (Å²) in [6, 6.07) is 0. The van der Waals surface area contributed by atoms with Crippen molar-refractivity contribution in [1.29, 1.82) is 0 Å². The molecule has 0 aromatic carbocycles. The molecule has 1 rings (SSSR count). The number of ether oxygens (including phenoxy) is 2. The van der Waals surface area contributed by atoms with Crippen LogP contribution in [-0.2, 0) is 19.1 Å². The van der Waals surface area contributed by atoms with E-state index >= 15 is 0 Å². The standard InChI is InChI=1S/C29H51NO4/c1-5-6-7-8-9-10-11-12-13-14-15-16-17-18-19-20-27(31)33-23-26(2)24-34-28(32)29(3)21-22-30(4)25-29/h9-10,12-13,26H,5-8,11,14-25H2,1-4H3/b10-9-,13-12-. The second-order valence-electron chi connectivity index (χ2n) is 10.4. The van der Waals surface area contributed by atoms with Gasteiger partial charge < -0.3 is 14.4 Å². The maximum atomic E-state index is 12.4. The third-order valence-corrected chi connectivity index (χ3v) is 6.52. The molecule has 196 valence electrons. The molecule has 1 aliphatic heterocycles. The lowest BCUT2D eigenvalue weighted by Gasteiger charge is -2.22. The second kappa shape index (κ2) is 18.7. The average molecular weight is 478 g/mol. The highest BCUT2D eigenvalue weighted by Crippen LogP contribution is 2.30. The van der Waals surface area contributed by atoms with Crippen LogP contribution in [0.2, 0.25) is 0 Å². The van der Waals surface area contributed by atoms with Crippen molar-refractivity contribution in [2.24, 2.45) is 11.3 Å². The number of hydrogen-bond donors (Lipinski definition) is 0. The van der Waals surface area contributed by atoms with Gasteiger partial charge in [0.15, 0.2) is 0 Å². The van der Waals surface area contributed by atoms with E-state index in [1.54, 1.807) is 0 Å². The van der Waals surface area contributed by atoms with Crippen molar-refractivity contribution < 1.29 is 19.1 Å². The Morgan fingerprint density at radius 3 is 2.18 bits per heavy atom. The van der Waals surface area contributed by atoms with Gasteiger partial charge in [-0.2, -0.15) is 0 Å². The van der Waals surface area contributed by atoms with Gasteiger partial charge in [-0.05, 0) is 65.5 Å². The van der Waals surface area contributed by atoms with Crippen LogP contribution in [0.4, 0.5) is 0 Å². The first-order valence-corrected chi connectivity index (χ1v) is 13.7. The molecule has 0 aromatic heterocycles. The van der Waals surface area contributed by atoms with Crippen LogP contribution in [0.25, 0.3) is 0 Å². The van der Waals surface area contributed by atoms with Gasteiger partial charge in [-0.15, -0.1) is 0 Å². The summed E-state index contributed by atoms with van der Waals surface area (Å²) in [4.78, 5) is 26.5. The number of rotatable bonds is 19. The molecule has 1 fully saturated rings. The van der Waals surface area contributed by atoms with Gasteiger partial charge >= 0.3 is 11.9 Å². The molecule has 2 unspecified atom stereocenters. The minimum atomic E-state index is -0.410. The van der Waals surface area contributed by atoms with Crippen molar-refractivity contribution in [3.8, 4) is 0 Å². The number of carbonyl (C=O) groups excluding carboxylic acids is 2. The van der Waals surface area contributed by atoms with E-state index in [-0.39, 0.29) is 17.9 Å². The Hall–Kier alpha value is -1.62. The van der Waals surface area contributed by atoms with Crippen LogP contribution in [0, 0.1) is 11.3 Å². The van der Waals surface area contributed by atoms with Crippen molar-refractivity contribution >= 4 is 11.9 Å². The van der Waals surface area contributed by atoms with Crippen LogP contribution in [0.3, 0.4) is 0 Å². The molecule has 0 N–H and O–H groups in total. The predicted octanol–water partition coefficient (Wildman–Crippen LogP) is 6.86. The highest BCUT2D eigenvalue weighted by atomic mass is 16.5. The normalized spacial score (nSPS) is 19.8. The summed E-state index contributed by atoms with van der Waals surface area (Å²) in [7, 11) is 2.02. The molecule has 0 radical (unpaired) electrons. The van der Waals surface area contributed by atoms with Crippen LogP contribution in [0.15, 0.2) is 24.3 Å². The Morgan fingerprint density at radius 1 is 0.912 bits per heavy atom. The number of esters is 2.